The van der Waals surface area contributed by atoms with Crippen molar-refractivity contribution in [1.82, 2.24) is 5.32 Å². The summed E-state index contributed by atoms with van der Waals surface area (Å²) in [4.78, 5) is 11.9. The number of carbonyl (C=O) groups is 1. The highest BCUT2D eigenvalue weighted by Crippen LogP contribution is 2.25. The Balaban J connectivity index is 2.10. The van der Waals surface area contributed by atoms with Crippen LogP contribution in [0.1, 0.15) is 12.8 Å². The third-order valence-electron chi connectivity index (χ3n) is 3.21. The second kappa shape index (κ2) is 5.97. The highest BCUT2D eigenvalue weighted by Gasteiger charge is 2.22. The van der Waals surface area contributed by atoms with Gasteiger partial charge in [0.25, 0.3) is 0 Å². The minimum absolute atomic E-state index is 0.151. The summed E-state index contributed by atoms with van der Waals surface area (Å²) in [6.07, 6.45) is 1.40. The van der Waals surface area contributed by atoms with E-state index in [0.717, 1.165) is 25.2 Å². The third kappa shape index (κ3) is 3.20. The molecule has 2 rings (SSSR count). The first kappa shape index (κ1) is 13.7. The highest BCUT2D eigenvalue weighted by molar-refractivity contribution is 5.92. The normalized spacial score (nSPS) is 16.2. The Bertz CT molecular complexity index is 474. The average Bonchev–Trinajstić information content (AvgIpc) is 2.43. The van der Waals surface area contributed by atoms with Crippen LogP contribution in [0.3, 0.4) is 0 Å². The maximum Gasteiger partial charge on any atom is 0.227 e. The maximum atomic E-state index is 13.7. The summed E-state index contributed by atoms with van der Waals surface area (Å²) in [6.45, 7) is 1.52. The molecule has 19 heavy (non-hydrogen) atoms. The standard InChI is InChI=1S/C13H16F2N2O2/c1-19-12-7-9(14)11(6-10(12)15)17-13(18)8-2-4-16-5-3-8/h6-8,16H,2-5H2,1H3,(H,17,18). The molecule has 1 heterocycles. The van der Waals surface area contributed by atoms with E-state index in [1.165, 1.54) is 7.11 Å². The Morgan fingerprint density at radius 3 is 2.63 bits per heavy atom. The fourth-order valence-corrected chi connectivity index (χ4v) is 2.10. The van der Waals surface area contributed by atoms with Crippen molar-refractivity contribution in [1.29, 1.82) is 0 Å². The van der Waals surface area contributed by atoms with Crippen molar-refractivity contribution in [3.05, 3.63) is 23.8 Å². The summed E-state index contributed by atoms with van der Waals surface area (Å²) in [6, 6.07) is 1.86. The molecule has 0 aromatic heterocycles. The number of ether oxygens (including phenoxy) is 1. The maximum absolute atomic E-state index is 13.7. The molecule has 1 amide bonds. The van der Waals surface area contributed by atoms with Gasteiger partial charge in [-0.1, -0.05) is 0 Å². The molecule has 0 saturated carbocycles. The molecule has 1 aliphatic rings. The second-order valence-electron chi connectivity index (χ2n) is 4.48. The smallest absolute Gasteiger partial charge is 0.227 e. The monoisotopic (exact) mass is 270 g/mol. The molecular weight excluding hydrogens is 254 g/mol. The van der Waals surface area contributed by atoms with Gasteiger partial charge in [-0.25, -0.2) is 8.78 Å². The lowest BCUT2D eigenvalue weighted by Crippen LogP contribution is -2.34. The van der Waals surface area contributed by atoms with E-state index >= 15 is 0 Å². The van der Waals surface area contributed by atoms with Gasteiger partial charge in [-0.15, -0.1) is 0 Å². The number of methoxy groups -OCH3 is 1. The molecule has 1 aromatic rings. The van der Waals surface area contributed by atoms with Crippen LogP contribution in [0.15, 0.2) is 12.1 Å². The van der Waals surface area contributed by atoms with Crippen molar-refractivity contribution < 1.29 is 18.3 Å². The van der Waals surface area contributed by atoms with Crippen molar-refractivity contribution >= 4 is 11.6 Å². The summed E-state index contributed by atoms with van der Waals surface area (Å²) < 4.78 is 31.8. The van der Waals surface area contributed by atoms with Crippen LogP contribution in [0.2, 0.25) is 0 Å². The predicted octanol–water partition coefficient (Wildman–Crippen LogP) is 1.91. The van der Waals surface area contributed by atoms with E-state index in [0.29, 0.717) is 12.8 Å². The van der Waals surface area contributed by atoms with Gasteiger partial charge < -0.3 is 15.4 Å². The summed E-state index contributed by atoms with van der Waals surface area (Å²) in [7, 11) is 1.26. The molecule has 1 saturated heterocycles. The lowest BCUT2D eigenvalue weighted by molar-refractivity contribution is -0.120. The van der Waals surface area contributed by atoms with E-state index in [9.17, 15) is 13.6 Å². The van der Waals surface area contributed by atoms with Crippen LogP contribution in [0, 0.1) is 17.6 Å². The van der Waals surface area contributed by atoms with Crippen LogP contribution in [0.25, 0.3) is 0 Å². The zero-order chi connectivity index (χ0) is 13.8. The predicted molar refractivity (Wildman–Crippen MR) is 67.1 cm³/mol. The molecule has 4 nitrogen and oxygen atoms in total. The number of piperidine rings is 1. The number of anilines is 1. The molecule has 0 atom stereocenters. The zero-order valence-corrected chi connectivity index (χ0v) is 10.6. The lowest BCUT2D eigenvalue weighted by Gasteiger charge is -2.22. The molecule has 2 N–H and O–H groups in total. The topological polar surface area (TPSA) is 50.4 Å². The van der Waals surface area contributed by atoms with E-state index < -0.39 is 11.6 Å². The van der Waals surface area contributed by atoms with Gasteiger partial charge in [0.1, 0.15) is 0 Å². The molecule has 0 radical (unpaired) electrons. The number of carbonyl (C=O) groups excluding carboxylic acids is 1. The second-order valence-corrected chi connectivity index (χ2v) is 4.48. The number of hydrogen-bond acceptors (Lipinski definition) is 3. The lowest BCUT2D eigenvalue weighted by atomic mass is 9.97. The van der Waals surface area contributed by atoms with Crippen LogP contribution in [0.5, 0.6) is 5.75 Å². The Morgan fingerprint density at radius 2 is 2.00 bits per heavy atom. The molecular formula is C13H16F2N2O2. The minimum Gasteiger partial charge on any atom is -0.494 e. The van der Waals surface area contributed by atoms with Gasteiger partial charge in [0.15, 0.2) is 17.4 Å². The molecule has 6 heteroatoms. The molecule has 0 spiro atoms. The minimum atomic E-state index is -0.708. The largest absolute Gasteiger partial charge is 0.494 e. The number of benzene rings is 1. The van der Waals surface area contributed by atoms with E-state index in [2.05, 4.69) is 15.4 Å². The quantitative estimate of drug-likeness (QED) is 0.882. The molecule has 0 bridgehead atoms. The number of amides is 1. The number of hydrogen-bond donors (Lipinski definition) is 2. The van der Waals surface area contributed by atoms with Crippen molar-refractivity contribution in [2.24, 2.45) is 5.92 Å². The van der Waals surface area contributed by atoms with E-state index in [-0.39, 0.29) is 23.3 Å². The number of rotatable bonds is 3. The van der Waals surface area contributed by atoms with E-state index in [1.54, 1.807) is 0 Å². The fraction of sp³-hybridized carbons (Fsp3) is 0.462. The fourth-order valence-electron chi connectivity index (χ4n) is 2.10. The van der Waals surface area contributed by atoms with Crippen LogP contribution < -0.4 is 15.4 Å². The Hall–Kier alpha value is -1.69. The first-order valence-electron chi connectivity index (χ1n) is 6.16. The van der Waals surface area contributed by atoms with Gasteiger partial charge in [-0.2, -0.15) is 0 Å². The highest BCUT2D eigenvalue weighted by atomic mass is 19.1. The third-order valence-corrected chi connectivity index (χ3v) is 3.21. The SMILES string of the molecule is COc1cc(F)c(NC(=O)C2CCNCC2)cc1F. The summed E-state index contributed by atoms with van der Waals surface area (Å²) in [5.74, 6) is -2.03. The Kier molecular flexibility index (Phi) is 4.31. The Morgan fingerprint density at radius 1 is 1.32 bits per heavy atom. The number of halogens is 2. The van der Waals surface area contributed by atoms with E-state index in [4.69, 9.17) is 0 Å². The zero-order valence-electron chi connectivity index (χ0n) is 10.6. The van der Waals surface area contributed by atoms with Crippen molar-refractivity contribution in [2.45, 2.75) is 12.8 Å². The van der Waals surface area contributed by atoms with Crippen LogP contribution in [-0.4, -0.2) is 26.1 Å². The van der Waals surface area contributed by atoms with E-state index in [1.807, 2.05) is 0 Å². The summed E-state index contributed by atoms with van der Waals surface area (Å²) >= 11 is 0. The molecule has 1 aromatic carbocycles. The van der Waals surface area contributed by atoms with Crippen molar-refractivity contribution in [3.63, 3.8) is 0 Å². The summed E-state index contributed by atoms with van der Waals surface area (Å²) in [5.41, 5.74) is -0.151. The van der Waals surface area contributed by atoms with Gasteiger partial charge in [0, 0.05) is 18.1 Å². The summed E-state index contributed by atoms with van der Waals surface area (Å²) in [5, 5.41) is 5.57. The molecule has 0 aliphatic carbocycles. The van der Waals surface area contributed by atoms with Gasteiger partial charge in [-0.3, -0.25) is 4.79 Å². The van der Waals surface area contributed by atoms with Gasteiger partial charge >= 0.3 is 0 Å². The molecule has 1 fully saturated rings. The first-order valence-corrected chi connectivity index (χ1v) is 6.16. The molecule has 1 aliphatic heterocycles. The van der Waals surface area contributed by atoms with Crippen LogP contribution >= 0.6 is 0 Å². The Labute approximate surface area is 110 Å². The number of nitrogens with one attached hydrogen (secondary N) is 2. The molecule has 0 unspecified atom stereocenters. The van der Waals surface area contributed by atoms with Gasteiger partial charge in [0.2, 0.25) is 5.91 Å². The average molecular weight is 270 g/mol. The molecule has 104 valence electrons. The van der Waals surface area contributed by atoms with Crippen LogP contribution in [-0.2, 0) is 4.79 Å². The van der Waals surface area contributed by atoms with Crippen molar-refractivity contribution in [2.75, 3.05) is 25.5 Å². The van der Waals surface area contributed by atoms with Crippen molar-refractivity contribution in [3.8, 4) is 5.75 Å². The van der Waals surface area contributed by atoms with Gasteiger partial charge in [-0.05, 0) is 25.9 Å². The van der Waals surface area contributed by atoms with Gasteiger partial charge in [0.05, 0.1) is 12.8 Å². The first-order chi connectivity index (χ1) is 9.11. The van der Waals surface area contributed by atoms with Crippen LogP contribution in [0.4, 0.5) is 14.5 Å².